The lowest BCUT2D eigenvalue weighted by Crippen LogP contribution is -1.98. The van der Waals surface area contributed by atoms with Crippen molar-refractivity contribution in [3.8, 4) is 17.2 Å². The summed E-state index contributed by atoms with van der Waals surface area (Å²) < 4.78 is 35.7. The highest BCUT2D eigenvalue weighted by atomic mass is 19.3. The molecule has 130 valence electrons. The van der Waals surface area contributed by atoms with E-state index in [4.69, 9.17) is 9.15 Å². The van der Waals surface area contributed by atoms with Gasteiger partial charge in [-0.3, -0.25) is 9.97 Å². The molecule has 0 atom stereocenters. The van der Waals surface area contributed by atoms with Gasteiger partial charge in [0.15, 0.2) is 0 Å². The molecule has 0 spiro atoms. The van der Waals surface area contributed by atoms with Gasteiger partial charge in [0.2, 0.25) is 5.89 Å². The lowest BCUT2D eigenvalue weighted by molar-refractivity contribution is 0.116. The van der Waals surface area contributed by atoms with Gasteiger partial charge >= 0.3 is 6.43 Å². The molecule has 0 N–H and O–H groups in total. The number of ether oxygens (including phenoxy) is 1. The van der Waals surface area contributed by atoms with Crippen molar-refractivity contribution in [2.24, 2.45) is 0 Å². The van der Waals surface area contributed by atoms with Gasteiger partial charge in [-0.15, -0.1) is 10.2 Å². The van der Waals surface area contributed by atoms with Gasteiger partial charge in [-0.05, 0) is 24.3 Å². The number of benzene rings is 1. The number of hydrogen-bond acceptors (Lipinski definition) is 6. The Balaban J connectivity index is 1.49. The van der Waals surface area contributed by atoms with Crippen LogP contribution in [0.5, 0.6) is 5.75 Å². The molecule has 0 amide bonds. The van der Waals surface area contributed by atoms with Crippen LogP contribution in [-0.4, -0.2) is 20.2 Å². The summed E-state index contributed by atoms with van der Waals surface area (Å²) in [4.78, 5) is 8.34. The fourth-order valence-corrected chi connectivity index (χ4v) is 2.45. The molecule has 4 aromatic rings. The first-order chi connectivity index (χ1) is 12.7. The predicted molar refractivity (Wildman–Crippen MR) is 88.6 cm³/mol. The van der Waals surface area contributed by atoms with E-state index in [0.717, 1.165) is 16.5 Å². The van der Waals surface area contributed by atoms with Gasteiger partial charge in [0.05, 0.1) is 11.3 Å². The van der Waals surface area contributed by atoms with E-state index >= 15 is 0 Å². The molecule has 4 rings (SSSR count). The van der Waals surface area contributed by atoms with E-state index in [1.807, 2.05) is 24.3 Å². The maximum absolute atomic E-state index is 12.5. The number of rotatable bonds is 5. The van der Waals surface area contributed by atoms with Crippen molar-refractivity contribution in [3.05, 3.63) is 66.6 Å². The highest BCUT2D eigenvalue weighted by molar-refractivity contribution is 5.87. The number of hydrogen-bond donors (Lipinski definition) is 0. The number of nitrogens with zero attached hydrogens (tertiary/aromatic N) is 4. The number of fused-ring (bicyclic) bond motifs is 1. The number of aromatic nitrogens is 4. The first-order valence-corrected chi connectivity index (χ1v) is 7.73. The van der Waals surface area contributed by atoms with Crippen LogP contribution in [0.15, 0.2) is 59.4 Å². The summed E-state index contributed by atoms with van der Waals surface area (Å²) in [6.07, 6.45) is 2.16. The second-order valence-electron chi connectivity index (χ2n) is 5.43. The maximum atomic E-state index is 12.5. The summed E-state index contributed by atoms with van der Waals surface area (Å²) >= 11 is 0. The fourth-order valence-electron chi connectivity index (χ4n) is 2.45. The van der Waals surface area contributed by atoms with Crippen LogP contribution in [0.1, 0.15) is 18.0 Å². The molecule has 0 bridgehead atoms. The predicted octanol–water partition coefficient (Wildman–Crippen LogP) is 4.20. The lowest BCUT2D eigenvalue weighted by atomic mass is 10.1. The van der Waals surface area contributed by atoms with Crippen molar-refractivity contribution < 1.29 is 17.9 Å². The van der Waals surface area contributed by atoms with Gasteiger partial charge in [-0.25, -0.2) is 0 Å². The van der Waals surface area contributed by atoms with E-state index in [9.17, 15) is 8.78 Å². The van der Waals surface area contributed by atoms with E-state index in [2.05, 4.69) is 20.2 Å². The Hall–Kier alpha value is -3.42. The van der Waals surface area contributed by atoms with Crippen LogP contribution in [0.3, 0.4) is 0 Å². The largest absolute Gasteiger partial charge is 0.487 e. The average Bonchev–Trinajstić information content (AvgIpc) is 3.17. The Morgan fingerprint density at radius 1 is 1.04 bits per heavy atom. The van der Waals surface area contributed by atoms with Crippen molar-refractivity contribution in [2.75, 3.05) is 0 Å². The van der Waals surface area contributed by atoms with Gasteiger partial charge in [-0.1, -0.05) is 12.1 Å². The van der Waals surface area contributed by atoms with E-state index < -0.39 is 12.3 Å². The Labute approximate surface area is 146 Å². The molecule has 3 aromatic heterocycles. The Morgan fingerprint density at radius 3 is 2.73 bits per heavy atom. The SMILES string of the molecule is FC(F)c1nnc(-c2ccc(COc3cccc4cnccc34)nc2)o1. The van der Waals surface area contributed by atoms with Gasteiger partial charge in [0.25, 0.3) is 5.89 Å². The lowest BCUT2D eigenvalue weighted by Gasteiger charge is -2.08. The van der Waals surface area contributed by atoms with Crippen LogP contribution in [0.4, 0.5) is 8.78 Å². The Kier molecular flexibility index (Phi) is 4.22. The molecule has 26 heavy (non-hydrogen) atoms. The van der Waals surface area contributed by atoms with E-state index in [-0.39, 0.29) is 12.5 Å². The second-order valence-corrected chi connectivity index (χ2v) is 5.43. The fraction of sp³-hybridized carbons (Fsp3) is 0.111. The van der Waals surface area contributed by atoms with E-state index in [0.29, 0.717) is 11.3 Å². The van der Waals surface area contributed by atoms with Crippen molar-refractivity contribution in [1.29, 1.82) is 0 Å². The maximum Gasteiger partial charge on any atom is 0.314 e. The zero-order valence-corrected chi connectivity index (χ0v) is 13.3. The third-order valence-electron chi connectivity index (χ3n) is 3.72. The molecule has 3 heterocycles. The second kappa shape index (κ2) is 6.83. The molecule has 1 aromatic carbocycles. The Morgan fingerprint density at radius 2 is 1.96 bits per heavy atom. The van der Waals surface area contributed by atoms with Crippen LogP contribution in [0, 0.1) is 0 Å². The topological polar surface area (TPSA) is 73.9 Å². The average molecular weight is 354 g/mol. The van der Waals surface area contributed by atoms with Gasteiger partial charge < -0.3 is 9.15 Å². The summed E-state index contributed by atoms with van der Waals surface area (Å²) in [5, 5.41) is 8.83. The summed E-state index contributed by atoms with van der Waals surface area (Å²) in [6, 6.07) is 11.0. The van der Waals surface area contributed by atoms with Crippen molar-refractivity contribution in [1.82, 2.24) is 20.2 Å². The van der Waals surface area contributed by atoms with Crippen LogP contribution in [0.2, 0.25) is 0 Å². The van der Waals surface area contributed by atoms with Crippen LogP contribution < -0.4 is 4.74 Å². The number of halogens is 2. The first-order valence-electron chi connectivity index (χ1n) is 7.73. The molecule has 0 aliphatic rings. The van der Waals surface area contributed by atoms with Gasteiger partial charge in [0, 0.05) is 29.4 Å². The highest BCUT2D eigenvalue weighted by Crippen LogP contribution is 2.26. The monoisotopic (exact) mass is 354 g/mol. The molecule has 6 nitrogen and oxygen atoms in total. The van der Waals surface area contributed by atoms with E-state index in [1.165, 1.54) is 6.20 Å². The summed E-state index contributed by atoms with van der Waals surface area (Å²) in [6.45, 7) is 0.258. The minimum atomic E-state index is -2.80. The van der Waals surface area contributed by atoms with Crippen molar-refractivity contribution in [2.45, 2.75) is 13.0 Å². The zero-order valence-electron chi connectivity index (χ0n) is 13.3. The molecule has 0 aliphatic carbocycles. The minimum Gasteiger partial charge on any atom is -0.487 e. The molecule has 0 radical (unpaired) electrons. The molecular weight excluding hydrogens is 342 g/mol. The molecule has 0 aliphatic heterocycles. The normalized spacial score (nSPS) is 11.2. The van der Waals surface area contributed by atoms with Crippen molar-refractivity contribution >= 4 is 10.8 Å². The minimum absolute atomic E-state index is 0.00169. The summed E-state index contributed by atoms with van der Waals surface area (Å²) in [5.41, 5.74) is 1.14. The zero-order chi connectivity index (χ0) is 17.9. The van der Waals surface area contributed by atoms with Crippen LogP contribution in [0.25, 0.3) is 22.2 Å². The smallest absolute Gasteiger partial charge is 0.314 e. The number of pyridine rings is 2. The molecule has 8 heteroatoms. The Bertz CT molecular complexity index is 1030. The third kappa shape index (κ3) is 3.21. The van der Waals surface area contributed by atoms with Crippen LogP contribution >= 0.6 is 0 Å². The molecule has 0 saturated carbocycles. The summed E-state index contributed by atoms with van der Waals surface area (Å²) in [5.74, 6) is 0.0222. The summed E-state index contributed by atoms with van der Waals surface area (Å²) in [7, 11) is 0. The number of alkyl halides is 2. The highest BCUT2D eigenvalue weighted by Gasteiger charge is 2.17. The first kappa shape index (κ1) is 16.1. The third-order valence-corrected chi connectivity index (χ3v) is 3.72. The van der Waals surface area contributed by atoms with Crippen LogP contribution in [-0.2, 0) is 6.61 Å². The molecule has 0 saturated heterocycles. The van der Waals surface area contributed by atoms with Gasteiger partial charge in [-0.2, -0.15) is 8.78 Å². The quantitative estimate of drug-likeness (QED) is 0.535. The van der Waals surface area contributed by atoms with E-state index in [1.54, 1.807) is 24.5 Å². The van der Waals surface area contributed by atoms with Gasteiger partial charge in [0.1, 0.15) is 12.4 Å². The molecule has 0 fully saturated rings. The van der Waals surface area contributed by atoms with Crippen molar-refractivity contribution in [3.63, 3.8) is 0 Å². The molecule has 0 unspecified atom stereocenters. The standard InChI is InChI=1S/C18H12F2N4O2/c19-16(20)18-24-23-17(26-18)12-4-5-13(22-9-12)10-25-15-3-1-2-11-8-21-7-6-14(11)15/h1-9,16H,10H2. The molecular formula is C18H12F2N4O2.